The molecule has 0 bridgehead atoms. The van der Waals surface area contributed by atoms with Gasteiger partial charge in [0, 0.05) is 5.56 Å². The Labute approximate surface area is 148 Å². The van der Waals surface area contributed by atoms with E-state index in [0.29, 0.717) is 5.04 Å². The van der Waals surface area contributed by atoms with Gasteiger partial charge < -0.3 is 13.9 Å². The number of nitrogens with zero attached hydrogens (tertiary/aromatic N) is 1. The fourth-order valence-electron chi connectivity index (χ4n) is 1.55. The van der Waals surface area contributed by atoms with E-state index < -0.39 is 5.69 Å². The van der Waals surface area contributed by atoms with Crippen molar-refractivity contribution in [3.63, 3.8) is 0 Å². The quantitative estimate of drug-likeness (QED) is 0.257. The van der Waals surface area contributed by atoms with Crippen molar-refractivity contribution in [2.24, 2.45) is 5.16 Å². The van der Waals surface area contributed by atoms with Crippen LogP contribution in [0.15, 0.2) is 35.5 Å². The van der Waals surface area contributed by atoms with Crippen LogP contribution in [0.4, 0.5) is 0 Å². The van der Waals surface area contributed by atoms with Crippen LogP contribution in [0.3, 0.4) is 0 Å². The van der Waals surface area contributed by atoms with Crippen LogP contribution >= 0.6 is 17.1 Å². The molecule has 0 aliphatic heterocycles. The molecule has 0 amide bonds. The molecule has 1 rings (SSSR count). The highest BCUT2D eigenvalue weighted by Gasteiger charge is 2.27. The van der Waals surface area contributed by atoms with Crippen molar-refractivity contribution in [1.82, 2.24) is 0 Å². The van der Waals surface area contributed by atoms with Gasteiger partial charge in [-0.2, -0.15) is 0 Å². The summed E-state index contributed by atoms with van der Waals surface area (Å²) in [4.78, 5) is 5.44. The average molecular weight is 375 g/mol. The predicted molar refractivity (Wildman–Crippen MR) is 104 cm³/mol. The first kappa shape index (κ1) is 20.7. The van der Waals surface area contributed by atoms with Gasteiger partial charge in [0.2, 0.25) is 0 Å². The van der Waals surface area contributed by atoms with Crippen molar-refractivity contribution in [3.8, 4) is 0 Å². The molecule has 0 aliphatic carbocycles. The molecule has 4 nitrogen and oxygen atoms in total. The van der Waals surface area contributed by atoms with E-state index in [1.54, 1.807) is 0 Å². The normalized spacial score (nSPS) is 13.2. The van der Waals surface area contributed by atoms with E-state index in [1.165, 1.54) is 11.4 Å². The Bertz CT molecular complexity index is 534. The van der Waals surface area contributed by atoms with E-state index >= 15 is 0 Å². The summed E-state index contributed by atoms with van der Waals surface area (Å²) in [5, 5.41) is 4.96. The van der Waals surface area contributed by atoms with E-state index in [-0.39, 0.29) is 18.3 Å². The van der Waals surface area contributed by atoms with Gasteiger partial charge in [0.1, 0.15) is 6.10 Å². The Kier molecular flexibility index (Phi) is 8.80. The molecule has 0 saturated carbocycles. The predicted octanol–water partition coefficient (Wildman–Crippen LogP) is 5.58. The van der Waals surface area contributed by atoms with E-state index in [2.05, 4.69) is 5.16 Å². The third kappa shape index (κ3) is 8.32. The summed E-state index contributed by atoms with van der Waals surface area (Å²) >= 11 is 7.05. The van der Waals surface area contributed by atoms with Crippen LogP contribution in [0.1, 0.15) is 47.1 Å². The van der Waals surface area contributed by atoms with Crippen molar-refractivity contribution in [2.75, 3.05) is 0 Å². The monoisotopic (exact) mass is 375 g/mol. The van der Waals surface area contributed by atoms with Crippen LogP contribution < -0.4 is 0 Å². The maximum atomic E-state index is 5.94. The molecular weight excluding hydrogens is 349 g/mol. The first-order valence-electron chi connectivity index (χ1n) is 7.67. The van der Waals surface area contributed by atoms with Gasteiger partial charge in [0.15, 0.2) is 5.04 Å². The molecular formula is C16H26NO3PS2. The minimum absolute atomic E-state index is 0.01000. The smallest absolute Gasteiger partial charge is 0.254 e. The van der Waals surface area contributed by atoms with Crippen LogP contribution in [0.2, 0.25) is 0 Å². The molecule has 1 aromatic carbocycles. The van der Waals surface area contributed by atoms with E-state index in [1.807, 2.05) is 71.9 Å². The maximum Gasteiger partial charge on any atom is 0.254 e. The maximum absolute atomic E-state index is 5.94. The lowest BCUT2D eigenvalue weighted by Crippen LogP contribution is -2.09. The number of rotatable bonds is 8. The molecule has 0 atom stereocenters. The van der Waals surface area contributed by atoms with Gasteiger partial charge in [-0.15, -0.1) is 0 Å². The van der Waals surface area contributed by atoms with Crippen LogP contribution in [-0.2, 0) is 25.7 Å². The van der Waals surface area contributed by atoms with Crippen LogP contribution in [0.25, 0.3) is 0 Å². The zero-order valence-electron chi connectivity index (χ0n) is 14.6. The van der Waals surface area contributed by atoms with E-state index in [0.717, 1.165) is 5.56 Å². The Hall–Kier alpha value is -0.390. The minimum atomic E-state index is -2.57. The minimum Gasteiger partial charge on any atom is -0.392 e. The zero-order chi connectivity index (χ0) is 17.5. The SMILES string of the molecule is CC(C)O/N=C(\SP(=S)(OC(C)C)OC(C)C)c1ccccc1. The summed E-state index contributed by atoms with van der Waals surface area (Å²) in [7, 11) is 0. The molecule has 7 heteroatoms. The highest BCUT2D eigenvalue weighted by atomic mass is 32.9. The summed E-state index contributed by atoms with van der Waals surface area (Å²) in [6.07, 6.45) is -0.0468. The fourth-order valence-corrected chi connectivity index (χ4v) is 7.26. The first-order chi connectivity index (χ1) is 10.7. The third-order valence-corrected chi connectivity index (χ3v) is 7.20. The summed E-state index contributed by atoms with van der Waals surface area (Å²) in [5.74, 6) is 0. The molecule has 0 heterocycles. The van der Waals surface area contributed by atoms with Crippen LogP contribution in [0, 0.1) is 0 Å². The Morgan fingerprint density at radius 1 is 0.957 bits per heavy atom. The molecule has 0 radical (unpaired) electrons. The molecule has 1 aromatic rings. The molecule has 0 spiro atoms. The summed E-state index contributed by atoms with van der Waals surface area (Å²) < 4.78 is 11.9. The lowest BCUT2D eigenvalue weighted by molar-refractivity contribution is 0.0869. The Morgan fingerprint density at radius 3 is 1.91 bits per heavy atom. The van der Waals surface area contributed by atoms with Crippen molar-refractivity contribution in [3.05, 3.63) is 35.9 Å². The number of benzene rings is 1. The fraction of sp³-hybridized carbons (Fsp3) is 0.562. The van der Waals surface area contributed by atoms with Gasteiger partial charge in [-0.25, -0.2) is 0 Å². The molecule has 0 aromatic heterocycles. The van der Waals surface area contributed by atoms with Crippen molar-refractivity contribution in [1.29, 1.82) is 0 Å². The standard InChI is InChI=1S/C16H26NO3PS2/c1-12(2)18-17-16(15-10-8-7-9-11-15)23-21(22,19-13(3)4)20-14(5)6/h7-14H,1-6H3/b17-16-. The number of hydrogen-bond donors (Lipinski definition) is 0. The Morgan fingerprint density at radius 2 is 1.48 bits per heavy atom. The molecule has 130 valence electrons. The van der Waals surface area contributed by atoms with Gasteiger partial charge in [-0.3, -0.25) is 0 Å². The highest BCUT2D eigenvalue weighted by Crippen LogP contribution is 2.63. The van der Waals surface area contributed by atoms with Crippen molar-refractivity contribution < 1.29 is 13.9 Å². The summed E-state index contributed by atoms with van der Waals surface area (Å²) in [6, 6.07) is 9.81. The second kappa shape index (κ2) is 9.80. The lowest BCUT2D eigenvalue weighted by Gasteiger charge is -2.25. The first-order valence-corrected chi connectivity index (χ1v) is 11.7. The molecule has 0 fully saturated rings. The van der Waals surface area contributed by atoms with Gasteiger partial charge in [0.05, 0.1) is 12.2 Å². The zero-order valence-corrected chi connectivity index (χ0v) is 17.1. The van der Waals surface area contributed by atoms with Gasteiger partial charge in [-0.1, -0.05) is 35.5 Å². The number of oxime groups is 1. The van der Waals surface area contributed by atoms with Crippen molar-refractivity contribution in [2.45, 2.75) is 59.9 Å². The molecule has 0 aliphatic rings. The molecule has 23 heavy (non-hydrogen) atoms. The second-order valence-electron chi connectivity index (χ2n) is 5.76. The largest absolute Gasteiger partial charge is 0.392 e. The van der Waals surface area contributed by atoms with Gasteiger partial charge in [-0.05, 0) is 64.7 Å². The van der Waals surface area contributed by atoms with Gasteiger partial charge >= 0.3 is 0 Å². The lowest BCUT2D eigenvalue weighted by atomic mass is 10.2. The highest BCUT2D eigenvalue weighted by molar-refractivity contribution is 8.73. The average Bonchev–Trinajstić information content (AvgIpc) is 2.42. The topological polar surface area (TPSA) is 40.0 Å². The second-order valence-corrected chi connectivity index (χ2v) is 11.8. The van der Waals surface area contributed by atoms with Crippen LogP contribution in [0.5, 0.6) is 0 Å². The molecule has 0 unspecified atom stereocenters. The molecule has 0 saturated heterocycles. The molecule has 0 N–H and O–H groups in total. The Balaban J connectivity index is 3.09. The summed E-state index contributed by atoms with van der Waals surface area (Å²) in [5.41, 5.74) is -1.64. The summed E-state index contributed by atoms with van der Waals surface area (Å²) in [6.45, 7) is 11.7. The van der Waals surface area contributed by atoms with E-state index in [4.69, 9.17) is 25.7 Å². The van der Waals surface area contributed by atoms with Crippen LogP contribution in [-0.4, -0.2) is 23.4 Å². The third-order valence-electron chi connectivity index (χ3n) is 2.25. The van der Waals surface area contributed by atoms with Crippen molar-refractivity contribution >= 4 is 33.9 Å². The van der Waals surface area contributed by atoms with Gasteiger partial charge in [0.25, 0.3) is 5.69 Å². The van der Waals surface area contributed by atoms with E-state index in [9.17, 15) is 0 Å². The number of hydrogen-bond acceptors (Lipinski definition) is 6.